The molecule has 0 amide bonds. The highest BCUT2D eigenvalue weighted by Crippen LogP contribution is 2.24. The van der Waals surface area contributed by atoms with Crippen molar-refractivity contribution in [1.82, 2.24) is 14.8 Å². The van der Waals surface area contributed by atoms with Crippen molar-refractivity contribution in [2.75, 3.05) is 0 Å². The minimum atomic E-state index is -0.769. The van der Waals surface area contributed by atoms with Crippen molar-refractivity contribution in [2.45, 2.75) is 19.6 Å². The molecule has 5 nitrogen and oxygen atoms in total. The minimum Gasteiger partial charge on any atom is -0.389 e. The molecule has 0 spiro atoms. The van der Waals surface area contributed by atoms with Gasteiger partial charge in [-0.05, 0) is 19.1 Å². The van der Waals surface area contributed by atoms with Gasteiger partial charge in [-0.2, -0.15) is 5.10 Å². The van der Waals surface area contributed by atoms with E-state index in [-0.39, 0.29) is 5.56 Å². The van der Waals surface area contributed by atoms with Gasteiger partial charge in [0.1, 0.15) is 0 Å². The van der Waals surface area contributed by atoms with E-state index in [2.05, 4.69) is 10.1 Å². The number of aromatic nitrogens is 3. The smallest absolute Gasteiger partial charge is 0.267 e. The maximum atomic E-state index is 12.3. The molecule has 2 heterocycles. The fourth-order valence-electron chi connectivity index (χ4n) is 2.40. The molecule has 0 fully saturated rings. The van der Waals surface area contributed by atoms with E-state index in [0.29, 0.717) is 17.8 Å². The zero-order valence-electron chi connectivity index (χ0n) is 12.8. The summed E-state index contributed by atoms with van der Waals surface area (Å²) in [6.45, 7) is 1.92. The Morgan fingerprint density at radius 3 is 2.52 bits per heavy atom. The lowest BCUT2D eigenvalue weighted by atomic mass is 10.0. The van der Waals surface area contributed by atoms with Gasteiger partial charge in [-0.25, -0.2) is 4.68 Å². The van der Waals surface area contributed by atoms with Gasteiger partial charge in [-0.15, -0.1) is 0 Å². The van der Waals surface area contributed by atoms with Crippen LogP contribution in [-0.4, -0.2) is 19.9 Å². The second kappa shape index (κ2) is 6.54. The number of benzene rings is 1. The average molecular weight is 307 g/mol. The molecule has 0 aliphatic rings. The maximum Gasteiger partial charge on any atom is 0.267 e. The number of hydrogen-bond donors (Lipinski definition) is 1. The molecule has 23 heavy (non-hydrogen) atoms. The zero-order valence-corrected chi connectivity index (χ0v) is 12.8. The number of aliphatic hydroxyl groups excluding tert-OH is 1. The first-order chi connectivity index (χ1) is 11.1. The minimum absolute atomic E-state index is 0.258. The van der Waals surface area contributed by atoms with Crippen LogP contribution in [0.3, 0.4) is 0 Å². The molecular weight excluding hydrogens is 290 g/mol. The highest BCUT2D eigenvalue weighted by Gasteiger charge is 2.15. The topological polar surface area (TPSA) is 68.0 Å². The Labute approximate surface area is 133 Å². The third-order valence-corrected chi connectivity index (χ3v) is 3.56. The van der Waals surface area contributed by atoms with Gasteiger partial charge < -0.3 is 5.11 Å². The SMILES string of the molecule is CC(O)c1cc(=O)n(Cc2ccccn2)nc1-c1ccccc1. The molecule has 0 saturated heterocycles. The summed E-state index contributed by atoms with van der Waals surface area (Å²) in [5, 5.41) is 14.4. The highest BCUT2D eigenvalue weighted by molar-refractivity contribution is 5.62. The Balaban J connectivity index is 2.10. The van der Waals surface area contributed by atoms with E-state index in [0.717, 1.165) is 11.3 Å². The number of nitrogens with zero attached hydrogens (tertiary/aromatic N) is 3. The van der Waals surface area contributed by atoms with Crippen LogP contribution in [0.4, 0.5) is 0 Å². The summed E-state index contributed by atoms with van der Waals surface area (Å²) < 4.78 is 1.37. The molecule has 3 aromatic rings. The second-order valence-electron chi connectivity index (χ2n) is 5.31. The van der Waals surface area contributed by atoms with Gasteiger partial charge >= 0.3 is 0 Å². The van der Waals surface area contributed by atoms with Crippen molar-refractivity contribution < 1.29 is 5.11 Å². The molecule has 3 rings (SSSR count). The van der Waals surface area contributed by atoms with Crippen LogP contribution in [0.15, 0.2) is 65.6 Å². The van der Waals surface area contributed by atoms with Gasteiger partial charge in [0, 0.05) is 23.4 Å². The molecule has 0 aliphatic carbocycles. The first-order valence-electron chi connectivity index (χ1n) is 7.40. The van der Waals surface area contributed by atoms with Crippen molar-refractivity contribution in [1.29, 1.82) is 0 Å². The first-order valence-corrected chi connectivity index (χ1v) is 7.40. The van der Waals surface area contributed by atoms with Gasteiger partial charge in [-0.3, -0.25) is 9.78 Å². The van der Waals surface area contributed by atoms with Gasteiger partial charge in [-0.1, -0.05) is 36.4 Å². The fraction of sp³-hybridized carbons (Fsp3) is 0.167. The van der Waals surface area contributed by atoms with Crippen LogP contribution in [0.5, 0.6) is 0 Å². The van der Waals surface area contributed by atoms with Crippen LogP contribution in [0.1, 0.15) is 24.3 Å². The molecule has 0 radical (unpaired) electrons. The standard InChI is InChI=1S/C18H17N3O2/c1-13(22)16-11-17(23)21(12-15-9-5-6-10-19-15)20-18(16)14-7-3-2-4-8-14/h2-11,13,22H,12H2,1H3. The van der Waals surface area contributed by atoms with Gasteiger partial charge in [0.05, 0.1) is 24.0 Å². The van der Waals surface area contributed by atoms with E-state index < -0.39 is 6.10 Å². The molecule has 0 bridgehead atoms. The molecule has 1 unspecified atom stereocenters. The van der Waals surface area contributed by atoms with E-state index in [4.69, 9.17) is 0 Å². The van der Waals surface area contributed by atoms with E-state index in [9.17, 15) is 9.90 Å². The Kier molecular flexibility index (Phi) is 4.30. The summed E-state index contributed by atoms with van der Waals surface area (Å²) in [7, 11) is 0. The van der Waals surface area contributed by atoms with Crippen molar-refractivity contribution >= 4 is 0 Å². The average Bonchev–Trinajstić information content (AvgIpc) is 2.58. The summed E-state index contributed by atoms with van der Waals surface area (Å²) in [6.07, 6.45) is 0.915. The van der Waals surface area contributed by atoms with Gasteiger partial charge in [0.2, 0.25) is 0 Å². The number of pyridine rings is 1. The van der Waals surface area contributed by atoms with Crippen molar-refractivity contribution in [3.8, 4) is 11.3 Å². The Morgan fingerprint density at radius 2 is 1.87 bits per heavy atom. The van der Waals surface area contributed by atoms with Crippen LogP contribution in [0.2, 0.25) is 0 Å². The van der Waals surface area contributed by atoms with Crippen LogP contribution >= 0.6 is 0 Å². The van der Waals surface area contributed by atoms with Crippen LogP contribution < -0.4 is 5.56 Å². The molecule has 1 aromatic carbocycles. The predicted molar refractivity (Wildman–Crippen MR) is 87.9 cm³/mol. The third-order valence-electron chi connectivity index (χ3n) is 3.56. The second-order valence-corrected chi connectivity index (χ2v) is 5.31. The summed E-state index contributed by atoms with van der Waals surface area (Å²) in [6, 6.07) is 16.5. The number of rotatable bonds is 4. The van der Waals surface area contributed by atoms with Gasteiger partial charge in [0.15, 0.2) is 0 Å². The van der Waals surface area contributed by atoms with Crippen molar-refractivity contribution in [3.63, 3.8) is 0 Å². The molecule has 1 atom stereocenters. The predicted octanol–water partition coefficient (Wildman–Crippen LogP) is 2.41. The molecule has 0 saturated carbocycles. The van der Waals surface area contributed by atoms with E-state index >= 15 is 0 Å². The van der Waals surface area contributed by atoms with Crippen LogP contribution in [0.25, 0.3) is 11.3 Å². The molecule has 116 valence electrons. The lowest BCUT2D eigenvalue weighted by Gasteiger charge is -2.13. The van der Waals surface area contributed by atoms with Crippen LogP contribution in [-0.2, 0) is 6.54 Å². The lowest BCUT2D eigenvalue weighted by Crippen LogP contribution is -2.25. The van der Waals surface area contributed by atoms with E-state index in [1.54, 1.807) is 13.1 Å². The zero-order chi connectivity index (χ0) is 16.2. The first kappa shape index (κ1) is 15.1. The number of aliphatic hydroxyl groups is 1. The molecule has 5 heteroatoms. The molecule has 2 aromatic heterocycles. The van der Waals surface area contributed by atoms with Crippen molar-refractivity contribution in [3.05, 3.63) is 82.4 Å². The fourth-order valence-corrected chi connectivity index (χ4v) is 2.40. The maximum absolute atomic E-state index is 12.3. The Bertz CT molecular complexity index is 843. The summed E-state index contributed by atoms with van der Waals surface area (Å²) in [4.78, 5) is 16.5. The number of hydrogen-bond acceptors (Lipinski definition) is 4. The summed E-state index contributed by atoms with van der Waals surface area (Å²) in [5.41, 5.74) is 2.49. The normalized spacial score (nSPS) is 12.1. The third kappa shape index (κ3) is 3.35. The monoisotopic (exact) mass is 307 g/mol. The summed E-state index contributed by atoms with van der Waals surface area (Å²) >= 11 is 0. The van der Waals surface area contributed by atoms with Crippen molar-refractivity contribution in [2.24, 2.45) is 0 Å². The summed E-state index contributed by atoms with van der Waals surface area (Å²) in [5.74, 6) is 0. The van der Waals surface area contributed by atoms with E-state index in [1.807, 2.05) is 48.5 Å². The molecular formula is C18H17N3O2. The Hall–Kier alpha value is -2.79. The Morgan fingerprint density at radius 1 is 1.13 bits per heavy atom. The largest absolute Gasteiger partial charge is 0.389 e. The van der Waals surface area contributed by atoms with Crippen LogP contribution in [0, 0.1) is 0 Å². The molecule has 0 aliphatic heterocycles. The van der Waals surface area contributed by atoms with E-state index in [1.165, 1.54) is 10.7 Å². The quantitative estimate of drug-likeness (QED) is 0.803. The molecule has 1 N–H and O–H groups in total. The highest BCUT2D eigenvalue weighted by atomic mass is 16.3. The lowest BCUT2D eigenvalue weighted by molar-refractivity contribution is 0.199. The van der Waals surface area contributed by atoms with Gasteiger partial charge in [0.25, 0.3) is 5.56 Å².